The van der Waals surface area contributed by atoms with Gasteiger partial charge in [-0.05, 0) is 13.8 Å². The summed E-state index contributed by atoms with van der Waals surface area (Å²) in [5, 5.41) is 0. The molecule has 0 fully saturated rings. The van der Waals surface area contributed by atoms with Crippen LogP contribution in [0.2, 0.25) is 0 Å². The fourth-order valence-electron chi connectivity index (χ4n) is 0.636. The Balaban J connectivity index is -0.0000000405. The molecule has 0 nitrogen and oxygen atoms in total. The smallest absolute Gasteiger partial charge is 0.247 e. The van der Waals surface area contributed by atoms with Crippen LogP contribution in [-0.4, -0.2) is 24.9 Å². The Hall–Kier alpha value is -1.95. The maximum absolute atomic E-state index is 11.9. The van der Waals surface area contributed by atoms with Gasteiger partial charge in [0, 0.05) is 12.0 Å². The minimum Gasteiger partial charge on any atom is -0.247 e. The molecule has 200 valence electrons. The van der Waals surface area contributed by atoms with Crippen molar-refractivity contribution < 1.29 is 57.1 Å². The van der Waals surface area contributed by atoms with Gasteiger partial charge < -0.3 is 0 Å². The molecular formula is C19H33F13. The first kappa shape index (κ1) is 52.2. The molecule has 0 saturated heterocycles. The molecule has 0 aliphatic carbocycles. The molecule has 0 amide bonds. The molecule has 0 heterocycles. The molecule has 0 rings (SSSR count). The first-order valence-corrected chi connectivity index (χ1v) is 6.63. The second-order valence-electron chi connectivity index (χ2n) is 4.39. The Bertz CT molecular complexity index is 470. The second-order valence-corrected chi connectivity index (χ2v) is 4.39. The van der Waals surface area contributed by atoms with E-state index >= 15 is 0 Å². The summed E-state index contributed by atoms with van der Waals surface area (Å²) < 4.78 is 144. The highest BCUT2D eigenvalue weighted by Gasteiger charge is 2.32. The van der Waals surface area contributed by atoms with E-state index in [0.29, 0.717) is 0 Å². The molecule has 0 saturated carbocycles. The van der Waals surface area contributed by atoms with Crippen molar-refractivity contribution in [2.75, 3.05) is 0 Å². The van der Waals surface area contributed by atoms with Crippen LogP contribution in [0.5, 0.6) is 0 Å². The zero-order chi connectivity index (χ0) is 23.7. The highest BCUT2D eigenvalue weighted by molar-refractivity contribution is 5.03. The van der Waals surface area contributed by atoms with Crippen LogP contribution in [0.3, 0.4) is 0 Å². The summed E-state index contributed by atoms with van der Waals surface area (Å²) in [5.74, 6) is -2.41. The van der Waals surface area contributed by atoms with Gasteiger partial charge in [-0.1, -0.05) is 42.9 Å². The number of hydrogen-bond acceptors (Lipinski definition) is 0. The van der Waals surface area contributed by atoms with Gasteiger partial charge in [0.15, 0.2) is 12.2 Å². The van der Waals surface area contributed by atoms with Crippen LogP contribution < -0.4 is 0 Å². The predicted molar refractivity (Wildman–Crippen MR) is 106 cm³/mol. The topological polar surface area (TPSA) is 0 Å². The van der Waals surface area contributed by atoms with Gasteiger partial charge in [0.25, 0.3) is 12.5 Å². The highest BCUT2D eigenvalue weighted by Crippen LogP contribution is 2.27. The molecular weight excluding hydrogens is 475 g/mol. The lowest BCUT2D eigenvalue weighted by molar-refractivity contribution is -0.0950. The Labute approximate surface area is 182 Å². The van der Waals surface area contributed by atoms with Crippen LogP contribution >= 0.6 is 0 Å². The van der Waals surface area contributed by atoms with Gasteiger partial charge >= 0.3 is 6.18 Å². The van der Waals surface area contributed by atoms with E-state index in [4.69, 9.17) is 0 Å². The minimum absolute atomic E-state index is 0. The van der Waals surface area contributed by atoms with Crippen molar-refractivity contribution >= 4 is 0 Å². The van der Waals surface area contributed by atoms with Gasteiger partial charge in [0.05, 0.1) is 5.83 Å². The molecule has 13 heteroatoms. The van der Waals surface area contributed by atoms with Crippen molar-refractivity contribution in [3.8, 4) is 0 Å². The second kappa shape index (κ2) is 29.1. The highest BCUT2D eigenvalue weighted by atomic mass is 19.4. The van der Waals surface area contributed by atoms with Gasteiger partial charge in [0.2, 0.25) is 6.17 Å². The zero-order valence-electron chi connectivity index (χ0n) is 14.4. The van der Waals surface area contributed by atoms with Crippen molar-refractivity contribution in [1.29, 1.82) is 0 Å². The molecule has 0 N–H and O–H groups in total. The first-order valence-electron chi connectivity index (χ1n) is 6.63. The molecule has 32 heavy (non-hydrogen) atoms. The van der Waals surface area contributed by atoms with E-state index < -0.39 is 61.5 Å². The van der Waals surface area contributed by atoms with Crippen LogP contribution in [0.15, 0.2) is 49.1 Å². The SMILES string of the molecule is C.C.C.C.C=C(C)F.C=C(CC(C)F)C(F)(F)F.FC=C(F)C(F)C(F)F.FC=C(F)F. The van der Waals surface area contributed by atoms with Crippen LogP contribution in [-0.2, 0) is 0 Å². The van der Waals surface area contributed by atoms with E-state index in [9.17, 15) is 57.1 Å². The van der Waals surface area contributed by atoms with Gasteiger partial charge in [-0.15, -0.1) is 0 Å². The summed E-state index contributed by atoms with van der Waals surface area (Å²) in [5.41, 5.74) is -1.01. The van der Waals surface area contributed by atoms with Gasteiger partial charge in [-0.3, -0.25) is 0 Å². The summed E-state index contributed by atoms with van der Waals surface area (Å²) in [4.78, 5) is 0. The molecule has 0 aliphatic rings. The lowest BCUT2D eigenvalue weighted by atomic mass is 10.1. The molecule has 2 atom stereocenters. The molecule has 0 aromatic carbocycles. The number of rotatable bonds is 4. The molecule has 0 aromatic heterocycles. The Morgan fingerprint density at radius 3 is 1.16 bits per heavy atom. The van der Waals surface area contributed by atoms with E-state index in [-0.39, 0.29) is 35.5 Å². The van der Waals surface area contributed by atoms with Crippen molar-refractivity contribution in [2.24, 2.45) is 0 Å². The Morgan fingerprint density at radius 1 is 0.812 bits per heavy atom. The minimum atomic E-state index is -4.44. The third-order valence-electron chi connectivity index (χ3n) is 1.60. The van der Waals surface area contributed by atoms with Crippen LogP contribution in [0.1, 0.15) is 50.0 Å². The Kier molecular flexibility index (Phi) is 47.3. The first-order chi connectivity index (χ1) is 12.4. The van der Waals surface area contributed by atoms with E-state index in [1.165, 1.54) is 6.92 Å². The third kappa shape index (κ3) is 51.1. The summed E-state index contributed by atoms with van der Waals surface area (Å²) in [6, 6.07) is 0. The van der Waals surface area contributed by atoms with E-state index in [0.717, 1.165) is 6.92 Å². The van der Waals surface area contributed by atoms with Gasteiger partial charge in [-0.25, -0.2) is 35.1 Å². The number of alkyl halides is 7. The molecule has 0 spiro atoms. The summed E-state index contributed by atoms with van der Waals surface area (Å²) >= 11 is 0. The van der Waals surface area contributed by atoms with E-state index in [1.54, 1.807) is 0 Å². The van der Waals surface area contributed by atoms with Crippen molar-refractivity contribution in [3.05, 3.63) is 49.1 Å². The maximum atomic E-state index is 11.9. The van der Waals surface area contributed by atoms with Gasteiger partial charge in [0.1, 0.15) is 12.5 Å². The standard InChI is InChI=1S/C6H8F4.C4H3F5.C3H5F.C2HF3.4CH4/c1-4(3-5(2)7)6(8,9)10;5-1-2(6)3(7)4(8)9;1-3(2)4;3-1-2(4)5;;;;/h5H,1,3H2,2H3;1,3-4H;1H2,2H3;1H;4*1H4. The number of halogens is 13. The molecule has 2 unspecified atom stereocenters. The van der Waals surface area contributed by atoms with Crippen LogP contribution in [0, 0.1) is 0 Å². The zero-order valence-corrected chi connectivity index (χ0v) is 14.4. The maximum Gasteiger partial charge on any atom is 0.412 e. The number of allylic oxidation sites excluding steroid dienone is 3. The molecule has 0 radical (unpaired) electrons. The molecule has 0 bridgehead atoms. The average Bonchev–Trinajstić information content (AvgIpc) is 2.52. The van der Waals surface area contributed by atoms with Crippen molar-refractivity contribution in [1.82, 2.24) is 0 Å². The summed E-state index contributed by atoms with van der Waals surface area (Å²) in [6.07, 6.45) is -17.0. The molecule has 0 aliphatic heterocycles. The Morgan fingerprint density at radius 2 is 1.09 bits per heavy atom. The fourth-order valence-corrected chi connectivity index (χ4v) is 0.636. The van der Waals surface area contributed by atoms with Crippen molar-refractivity contribution in [3.63, 3.8) is 0 Å². The van der Waals surface area contributed by atoms with Crippen molar-refractivity contribution in [2.45, 2.75) is 74.9 Å². The third-order valence-corrected chi connectivity index (χ3v) is 1.60. The normalized spacial score (nSPS) is 11.2. The fraction of sp³-hybridized carbons (Fsp3) is 0.579. The van der Waals surface area contributed by atoms with Gasteiger partial charge in [-0.2, -0.15) is 22.0 Å². The quantitative estimate of drug-likeness (QED) is 0.262. The van der Waals surface area contributed by atoms with E-state index in [2.05, 4.69) is 13.2 Å². The monoisotopic (exact) mass is 508 g/mol. The summed E-state index contributed by atoms with van der Waals surface area (Å²) in [7, 11) is 0. The molecule has 0 aromatic rings. The largest absolute Gasteiger partial charge is 0.412 e. The average molecular weight is 508 g/mol. The van der Waals surface area contributed by atoms with E-state index in [1.807, 2.05) is 0 Å². The summed E-state index contributed by atoms with van der Waals surface area (Å²) in [6.45, 7) is 7.96. The predicted octanol–water partition coefficient (Wildman–Crippen LogP) is 11.0. The lowest BCUT2D eigenvalue weighted by Gasteiger charge is -2.09. The van der Waals surface area contributed by atoms with Crippen LogP contribution in [0.4, 0.5) is 57.1 Å². The number of hydrogen-bond donors (Lipinski definition) is 0. The van der Waals surface area contributed by atoms with Crippen LogP contribution in [0.25, 0.3) is 0 Å². The lowest BCUT2D eigenvalue weighted by Crippen LogP contribution is -2.13.